The molecule has 0 aliphatic rings. The summed E-state index contributed by atoms with van der Waals surface area (Å²) < 4.78 is 16.7. The fraction of sp³-hybridized carbons (Fsp3) is 0.909. The first-order valence-electron chi connectivity index (χ1n) is 27.2. The predicted molar refractivity (Wildman–Crippen MR) is 261 cm³/mol. The zero-order valence-corrected chi connectivity index (χ0v) is 41.2. The molecule has 61 heavy (non-hydrogen) atoms. The second-order valence-electron chi connectivity index (χ2n) is 18.6. The van der Waals surface area contributed by atoms with Crippen LogP contribution in [0.5, 0.6) is 0 Å². The molecule has 0 radical (unpaired) electrons. The molecule has 0 amide bonds. The van der Waals surface area contributed by atoms with E-state index in [0.717, 1.165) is 51.4 Å². The summed E-state index contributed by atoms with van der Waals surface area (Å²) in [5.41, 5.74) is 0. The number of hydrogen-bond acceptors (Lipinski definition) is 6. The van der Waals surface area contributed by atoms with E-state index in [2.05, 4.69) is 20.8 Å². The summed E-state index contributed by atoms with van der Waals surface area (Å²) >= 11 is 0. The number of rotatable bonds is 50. The largest absolute Gasteiger partial charge is 0.462 e. The minimum Gasteiger partial charge on any atom is -0.462 e. The quantitative estimate of drug-likeness (QED) is 0.0262. The molecule has 6 heteroatoms. The van der Waals surface area contributed by atoms with E-state index in [1.807, 2.05) is 6.08 Å². The summed E-state index contributed by atoms with van der Waals surface area (Å²) in [6, 6.07) is 0. The van der Waals surface area contributed by atoms with Crippen molar-refractivity contribution in [1.29, 1.82) is 0 Å². The lowest BCUT2D eigenvalue weighted by Gasteiger charge is -2.17. The van der Waals surface area contributed by atoms with Gasteiger partial charge in [0.1, 0.15) is 13.2 Å². The maximum Gasteiger partial charge on any atom is 0.330 e. The molecule has 0 aliphatic carbocycles. The Morgan fingerprint density at radius 2 is 0.590 bits per heavy atom. The van der Waals surface area contributed by atoms with Gasteiger partial charge in [-0.2, -0.15) is 0 Å². The van der Waals surface area contributed by atoms with Gasteiger partial charge in [0.2, 0.25) is 0 Å². The van der Waals surface area contributed by atoms with Gasteiger partial charge in [0.25, 0.3) is 0 Å². The van der Waals surface area contributed by atoms with E-state index in [0.29, 0.717) is 12.8 Å². The Balaban J connectivity index is 4.36. The van der Waals surface area contributed by atoms with Crippen LogP contribution in [-0.2, 0) is 28.6 Å². The molecule has 0 aliphatic heterocycles. The zero-order valence-electron chi connectivity index (χ0n) is 41.2. The molecular weight excluding hydrogens is 757 g/mol. The van der Waals surface area contributed by atoms with Crippen molar-refractivity contribution in [1.82, 2.24) is 0 Å². The normalized spacial score (nSPS) is 12.0. The standard InChI is InChI=1S/C55H104O6/c1-4-7-10-13-16-19-22-25-27-30-33-36-39-42-45-48-54(57)60-51-52(50-59-53(56)47-44-41-38-35-32-29-24-21-18-15-12-9-6-3)61-55(58)49-46-43-40-37-34-31-28-26-23-20-17-14-11-8-5-2/h46,49,52H,4-45,47-48,50-51H2,1-3H3/b49-46+. The van der Waals surface area contributed by atoms with Crippen molar-refractivity contribution in [2.45, 2.75) is 309 Å². The number of hydrogen-bond donors (Lipinski definition) is 0. The van der Waals surface area contributed by atoms with Gasteiger partial charge < -0.3 is 14.2 Å². The van der Waals surface area contributed by atoms with Crippen LogP contribution in [0.2, 0.25) is 0 Å². The lowest BCUT2D eigenvalue weighted by molar-refractivity contribution is -0.163. The van der Waals surface area contributed by atoms with Crippen molar-refractivity contribution in [2.75, 3.05) is 13.2 Å². The summed E-state index contributed by atoms with van der Waals surface area (Å²) in [5, 5.41) is 0. The summed E-state index contributed by atoms with van der Waals surface area (Å²) in [6.07, 6.45) is 56.6. The topological polar surface area (TPSA) is 78.9 Å². The van der Waals surface area contributed by atoms with Gasteiger partial charge in [0, 0.05) is 18.9 Å². The number of ether oxygens (including phenoxy) is 3. The highest BCUT2D eigenvalue weighted by molar-refractivity contribution is 5.82. The van der Waals surface area contributed by atoms with Crippen LogP contribution >= 0.6 is 0 Å². The molecule has 6 nitrogen and oxygen atoms in total. The van der Waals surface area contributed by atoms with E-state index in [1.54, 1.807) is 0 Å². The molecule has 1 atom stereocenters. The molecule has 0 saturated heterocycles. The van der Waals surface area contributed by atoms with Crippen LogP contribution in [0.15, 0.2) is 12.2 Å². The van der Waals surface area contributed by atoms with Crippen LogP contribution in [0.4, 0.5) is 0 Å². The van der Waals surface area contributed by atoms with E-state index in [9.17, 15) is 14.4 Å². The van der Waals surface area contributed by atoms with E-state index in [1.165, 1.54) is 224 Å². The number of allylic oxidation sites excluding steroid dienone is 1. The molecular formula is C55H104O6. The Bertz CT molecular complexity index is 947. The summed E-state index contributed by atoms with van der Waals surface area (Å²) in [6.45, 7) is 6.62. The monoisotopic (exact) mass is 861 g/mol. The molecule has 1 unspecified atom stereocenters. The number of esters is 3. The minimum absolute atomic E-state index is 0.0952. The Hall–Kier alpha value is -1.85. The fourth-order valence-corrected chi connectivity index (χ4v) is 8.22. The summed E-state index contributed by atoms with van der Waals surface area (Å²) in [7, 11) is 0. The third kappa shape index (κ3) is 49.0. The van der Waals surface area contributed by atoms with Gasteiger partial charge in [0.05, 0.1) is 0 Å². The van der Waals surface area contributed by atoms with E-state index >= 15 is 0 Å². The molecule has 0 spiro atoms. The number of carbonyl (C=O) groups is 3. The van der Waals surface area contributed by atoms with Gasteiger partial charge in [-0.3, -0.25) is 9.59 Å². The second-order valence-corrected chi connectivity index (χ2v) is 18.6. The van der Waals surface area contributed by atoms with Gasteiger partial charge in [-0.1, -0.05) is 271 Å². The maximum absolute atomic E-state index is 12.7. The van der Waals surface area contributed by atoms with Crippen LogP contribution in [0.3, 0.4) is 0 Å². The lowest BCUT2D eigenvalue weighted by Crippen LogP contribution is -2.30. The molecule has 0 aromatic carbocycles. The summed E-state index contributed by atoms with van der Waals surface area (Å²) in [5.74, 6) is -1.05. The van der Waals surface area contributed by atoms with Crippen molar-refractivity contribution < 1.29 is 28.6 Å². The maximum atomic E-state index is 12.7. The first-order valence-corrected chi connectivity index (χ1v) is 27.2. The van der Waals surface area contributed by atoms with Crippen LogP contribution in [-0.4, -0.2) is 37.2 Å². The molecule has 0 aromatic rings. The Labute approximate surface area is 380 Å². The van der Waals surface area contributed by atoms with Gasteiger partial charge in [-0.05, 0) is 25.7 Å². The second kappa shape index (κ2) is 50.8. The summed E-state index contributed by atoms with van der Waals surface area (Å²) in [4.78, 5) is 37.9. The van der Waals surface area contributed by atoms with Crippen molar-refractivity contribution in [2.24, 2.45) is 0 Å². The molecule has 360 valence electrons. The molecule has 0 bridgehead atoms. The predicted octanol–water partition coefficient (Wildman–Crippen LogP) is 17.8. The van der Waals surface area contributed by atoms with Crippen LogP contribution < -0.4 is 0 Å². The third-order valence-corrected chi connectivity index (χ3v) is 12.3. The van der Waals surface area contributed by atoms with Crippen molar-refractivity contribution in [3.63, 3.8) is 0 Å². The fourth-order valence-electron chi connectivity index (χ4n) is 8.22. The Morgan fingerprint density at radius 3 is 0.869 bits per heavy atom. The highest BCUT2D eigenvalue weighted by Crippen LogP contribution is 2.17. The Kier molecular flexibility index (Phi) is 49.3. The molecule has 0 rings (SSSR count). The lowest BCUT2D eigenvalue weighted by atomic mass is 10.0. The number of unbranched alkanes of at least 4 members (excludes halogenated alkanes) is 39. The van der Waals surface area contributed by atoms with Gasteiger partial charge in [0.15, 0.2) is 6.10 Å². The van der Waals surface area contributed by atoms with Crippen molar-refractivity contribution in [3.8, 4) is 0 Å². The van der Waals surface area contributed by atoms with E-state index < -0.39 is 12.1 Å². The molecule has 0 aromatic heterocycles. The first kappa shape index (κ1) is 59.1. The zero-order chi connectivity index (χ0) is 44.4. The van der Waals surface area contributed by atoms with Gasteiger partial charge in [-0.15, -0.1) is 0 Å². The van der Waals surface area contributed by atoms with E-state index in [4.69, 9.17) is 14.2 Å². The van der Waals surface area contributed by atoms with E-state index in [-0.39, 0.29) is 25.2 Å². The van der Waals surface area contributed by atoms with Gasteiger partial charge in [-0.25, -0.2) is 4.79 Å². The molecule has 0 saturated carbocycles. The Morgan fingerprint density at radius 1 is 0.344 bits per heavy atom. The van der Waals surface area contributed by atoms with Crippen molar-refractivity contribution in [3.05, 3.63) is 12.2 Å². The third-order valence-electron chi connectivity index (χ3n) is 12.3. The average molecular weight is 861 g/mol. The SMILES string of the molecule is CCCCCCCCCCCCCCC/C=C/C(=O)OC(COC(=O)CCCCCCCCCCCCCCC)COC(=O)CCCCCCCCCCCCCCCCC. The van der Waals surface area contributed by atoms with Gasteiger partial charge >= 0.3 is 17.9 Å². The van der Waals surface area contributed by atoms with Crippen molar-refractivity contribution >= 4 is 17.9 Å². The first-order chi connectivity index (χ1) is 30.0. The average Bonchev–Trinajstić information content (AvgIpc) is 3.26. The highest BCUT2D eigenvalue weighted by Gasteiger charge is 2.18. The smallest absolute Gasteiger partial charge is 0.330 e. The van der Waals surface area contributed by atoms with Crippen LogP contribution in [0.1, 0.15) is 303 Å². The highest BCUT2D eigenvalue weighted by atomic mass is 16.6. The van der Waals surface area contributed by atoms with Crippen LogP contribution in [0.25, 0.3) is 0 Å². The molecule has 0 heterocycles. The van der Waals surface area contributed by atoms with Crippen LogP contribution in [0, 0.1) is 0 Å². The minimum atomic E-state index is -0.811. The molecule has 0 fully saturated rings. The number of carbonyl (C=O) groups excluding carboxylic acids is 3. The molecule has 0 N–H and O–H groups in total.